The van der Waals surface area contributed by atoms with Crippen molar-refractivity contribution >= 4 is 17.4 Å². The number of amides is 1. The molecule has 0 spiro atoms. The third kappa shape index (κ3) is 3.98. The van der Waals surface area contributed by atoms with Crippen LogP contribution in [0.4, 0.5) is 5.69 Å². The van der Waals surface area contributed by atoms with Crippen LogP contribution in [0.2, 0.25) is 0 Å². The van der Waals surface area contributed by atoms with Crippen LogP contribution in [-0.4, -0.2) is 56.0 Å². The summed E-state index contributed by atoms with van der Waals surface area (Å²) >= 11 is 0. The van der Waals surface area contributed by atoms with E-state index in [9.17, 15) is 9.59 Å². The topological polar surface area (TPSA) is 49.9 Å². The van der Waals surface area contributed by atoms with Crippen LogP contribution in [0.3, 0.4) is 0 Å². The molecule has 0 aliphatic carbocycles. The number of benzene rings is 1. The maximum absolute atomic E-state index is 12.4. The number of anilines is 1. The van der Waals surface area contributed by atoms with Crippen molar-refractivity contribution in [2.75, 3.05) is 44.3 Å². The summed E-state index contributed by atoms with van der Waals surface area (Å²) in [6, 6.07) is 7.48. The van der Waals surface area contributed by atoms with Gasteiger partial charge in [0.15, 0.2) is 5.78 Å². The van der Waals surface area contributed by atoms with Crippen molar-refractivity contribution in [1.82, 2.24) is 4.90 Å². The molecule has 0 N–H and O–H groups in total. The molecule has 0 radical (unpaired) electrons. The molecule has 1 aromatic carbocycles. The van der Waals surface area contributed by atoms with Crippen molar-refractivity contribution in [2.24, 2.45) is 0 Å². The molecule has 2 aliphatic rings. The van der Waals surface area contributed by atoms with Crippen LogP contribution in [0.25, 0.3) is 0 Å². The molecule has 23 heavy (non-hydrogen) atoms. The lowest BCUT2D eigenvalue weighted by Crippen LogP contribution is -2.37. The predicted octanol–water partition coefficient (Wildman–Crippen LogP) is 2.11. The third-order valence-electron chi connectivity index (χ3n) is 4.57. The molecule has 2 heterocycles. The lowest BCUT2D eigenvalue weighted by atomic mass is 10.1. The van der Waals surface area contributed by atoms with E-state index in [4.69, 9.17) is 4.74 Å². The fourth-order valence-corrected chi connectivity index (χ4v) is 3.24. The molecule has 0 atom stereocenters. The van der Waals surface area contributed by atoms with Gasteiger partial charge >= 0.3 is 0 Å². The van der Waals surface area contributed by atoms with Gasteiger partial charge in [0.05, 0.1) is 18.9 Å². The number of para-hydroxylation sites is 1. The fourth-order valence-electron chi connectivity index (χ4n) is 3.24. The SMILES string of the molecule is O=C1CCC(=O)N(CCCCN2CCOCC2)c2ccccc21. The van der Waals surface area contributed by atoms with Crippen molar-refractivity contribution in [3.05, 3.63) is 29.8 Å². The van der Waals surface area contributed by atoms with Crippen LogP contribution in [0, 0.1) is 0 Å². The van der Waals surface area contributed by atoms with Gasteiger partial charge in [0.25, 0.3) is 0 Å². The van der Waals surface area contributed by atoms with E-state index in [1.807, 2.05) is 24.3 Å². The number of carbonyl (C=O) groups excluding carboxylic acids is 2. The second-order valence-electron chi connectivity index (χ2n) is 6.15. The maximum Gasteiger partial charge on any atom is 0.227 e. The quantitative estimate of drug-likeness (QED) is 0.781. The van der Waals surface area contributed by atoms with Crippen molar-refractivity contribution < 1.29 is 14.3 Å². The molecule has 1 aromatic rings. The zero-order valence-electron chi connectivity index (χ0n) is 13.5. The average molecular weight is 316 g/mol. The number of rotatable bonds is 5. The van der Waals surface area contributed by atoms with E-state index in [0.717, 1.165) is 51.4 Å². The van der Waals surface area contributed by atoms with Gasteiger partial charge in [0.2, 0.25) is 5.91 Å². The number of morpholine rings is 1. The molecular weight excluding hydrogens is 292 g/mol. The number of unbranched alkanes of at least 4 members (excludes halogenated alkanes) is 1. The van der Waals surface area contributed by atoms with Crippen molar-refractivity contribution in [3.63, 3.8) is 0 Å². The van der Waals surface area contributed by atoms with E-state index in [-0.39, 0.29) is 11.7 Å². The zero-order valence-corrected chi connectivity index (χ0v) is 13.5. The van der Waals surface area contributed by atoms with Crippen LogP contribution in [0.5, 0.6) is 0 Å². The highest BCUT2D eigenvalue weighted by Crippen LogP contribution is 2.27. The Morgan fingerprint density at radius 2 is 1.70 bits per heavy atom. The Morgan fingerprint density at radius 3 is 2.52 bits per heavy atom. The summed E-state index contributed by atoms with van der Waals surface area (Å²) in [6.07, 6.45) is 2.64. The van der Waals surface area contributed by atoms with E-state index >= 15 is 0 Å². The van der Waals surface area contributed by atoms with Gasteiger partial charge in [-0.15, -0.1) is 0 Å². The first-order chi connectivity index (χ1) is 11.3. The van der Waals surface area contributed by atoms with E-state index in [1.54, 1.807) is 4.90 Å². The van der Waals surface area contributed by atoms with Crippen LogP contribution in [0.15, 0.2) is 24.3 Å². The Morgan fingerprint density at radius 1 is 0.957 bits per heavy atom. The van der Waals surface area contributed by atoms with Crippen LogP contribution in [-0.2, 0) is 9.53 Å². The predicted molar refractivity (Wildman–Crippen MR) is 88.9 cm³/mol. The summed E-state index contributed by atoms with van der Waals surface area (Å²) < 4.78 is 5.35. The number of ketones is 1. The molecule has 1 amide bonds. The summed E-state index contributed by atoms with van der Waals surface area (Å²) in [5.41, 5.74) is 1.47. The number of nitrogens with zero attached hydrogens (tertiary/aromatic N) is 2. The third-order valence-corrected chi connectivity index (χ3v) is 4.57. The van der Waals surface area contributed by atoms with Gasteiger partial charge < -0.3 is 9.64 Å². The molecular formula is C18H24N2O3. The Bertz CT molecular complexity index is 567. The van der Waals surface area contributed by atoms with E-state index in [0.29, 0.717) is 24.9 Å². The Kier molecular flexibility index (Phi) is 5.41. The van der Waals surface area contributed by atoms with E-state index < -0.39 is 0 Å². The molecule has 0 unspecified atom stereocenters. The van der Waals surface area contributed by atoms with Gasteiger partial charge in [-0.05, 0) is 31.5 Å². The molecule has 3 rings (SSSR count). The van der Waals surface area contributed by atoms with Gasteiger partial charge in [-0.25, -0.2) is 0 Å². The first kappa shape index (κ1) is 16.1. The number of Topliss-reactive ketones (excluding diaryl/α,β-unsaturated/α-hetero) is 1. The number of fused-ring (bicyclic) bond motifs is 1. The summed E-state index contributed by atoms with van der Waals surface area (Å²) in [5, 5.41) is 0. The lowest BCUT2D eigenvalue weighted by Gasteiger charge is -2.27. The normalized spacial score (nSPS) is 19.6. The monoisotopic (exact) mass is 316 g/mol. The van der Waals surface area contributed by atoms with Crippen molar-refractivity contribution in [3.8, 4) is 0 Å². The molecule has 2 aliphatic heterocycles. The minimum Gasteiger partial charge on any atom is -0.379 e. The van der Waals surface area contributed by atoms with Crippen molar-refractivity contribution in [2.45, 2.75) is 25.7 Å². The average Bonchev–Trinajstić information content (AvgIpc) is 2.71. The minimum atomic E-state index is 0.0645. The highest BCUT2D eigenvalue weighted by Gasteiger charge is 2.25. The summed E-state index contributed by atoms with van der Waals surface area (Å²) in [7, 11) is 0. The summed E-state index contributed by atoms with van der Waals surface area (Å²) in [6.45, 7) is 5.37. The molecule has 0 saturated carbocycles. The second kappa shape index (κ2) is 7.70. The molecule has 0 aromatic heterocycles. The molecule has 124 valence electrons. The van der Waals surface area contributed by atoms with E-state index in [1.165, 1.54) is 0 Å². The van der Waals surface area contributed by atoms with Gasteiger partial charge in [0, 0.05) is 38.0 Å². The maximum atomic E-state index is 12.4. The zero-order chi connectivity index (χ0) is 16.1. The van der Waals surface area contributed by atoms with Gasteiger partial charge in [-0.3, -0.25) is 14.5 Å². The Labute approximate surface area is 137 Å². The molecule has 0 bridgehead atoms. The van der Waals surface area contributed by atoms with Gasteiger partial charge in [-0.1, -0.05) is 12.1 Å². The molecule has 1 fully saturated rings. The number of hydrogen-bond donors (Lipinski definition) is 0. The number of carbonyl (C=O) groups is 2. The van der Waals surface area contributed by atoms with Gasteiger partial charge in [0.1, 0.15) is 0 Å². The molecule has 5 nitrogen and oxygen atoms in total. The Hall–Kier alpha value is -1.72. The standard InChI is InChI=1S/C18H24N2O3/c21-17-7-8-18(22)20(16-6-2-1-5-15(16)17)10-4-3-9-19-11-13-23-14-12-19/h1-2,5-6H,3-4,7-14H2. The first-order valence-corrected chi connectivity index (χ1v) is 8.48. The highest BCUT2D eigenvalue weighted by molar-refractivity contribution is 6.09. The van der Waals surface area contributed by atoms with Gasteiger partial charge in [-0.2, -0.15) is 0 Å². The fraction of sp³-hybridized carbons (Fsp3) is 0.556. The van der Waals surface area contributed by atoms with Crippen LogP contribution < -0.4 is 4.90 Å². The number of hydrogen-bond acceptors (Lipinski definition) is 4. The van der Waals surface area contributed by atoms with Crippen LogP contribution in [0.1, 0.15) is 36.0 Å². The largest absolute Gasteiger partial charge is 0.379 e. The van der Waals surface area contributed by atoms with Crippen molar-refractivity contribution in [1.29, 1.82) is 0 Å². The van der Waals surface area contributed by atoms with Crippen LogP contribution >= 0.6 is 0 Å². The summed E-state index contributed by atoms with van der Waals surface area (Å²) in [5.74, 6) is 0.138. The summed E-state index contributed by atoms with van der Waals surface area (Å²) in [4.78, 5) is 28.7. The second-order valence-corrected chi connectivity index (χ2v) is 6.15. The Balaban J connectivity index is 1.58. The highest BCUT2D eigenvalue weighted by atomic mass is 16.5. The number of ether oxygens (including phenoxy) is 1. The molecule has 1 saturated heterocycles. The minimum absolute atomic E-state index is 0.0645. The lowest BCUT2D eigenvalue weighted by molar-refractivity contribution is -0.118. The smallest absolute Gasteiger partial charge is 0.227 e. The first-order valence-electron chi connectivity index (χ1n) is 8.48. The molecule has 5 heteroatoms. The van der Waals surface area contributed by atoms with E-state index in [2.05, 4.69) is 4.90 Å².